The summed E-state index contributed by atoms with van der Waals surface area (Å²) in [5, 5.41) is 0. The normalized spacial score (nSPS) is 12.0. The first kappa shape index (κ1) is 14.4. The van der Waals surface area contributed by atoms with Crippen LogP contribution in [0.2, 0.25) is 0 Å². The predicted molar refractivity (Wildman–Crippen MR) is 82.2 cm³/mol. The quantitative estimate of drug-likeness (QED) is 0.900. The molecule has 0 heterocycles. The molecule has 0 aromatic heterocycles. The molecule has 3 nitrogen and oxygen atoms in total. The maximum atomic E-state index is 6.11. The first-order valence-corrected chi connectivity index (χ1v) is 6.78. The largest absolute Gasteiger partial charge is 0.493 e. The molecule has 2 aromatic carbocycles. The van der Waals surface area contributed by atoms with Gasteiger partial charge in [0.2, 0.25) is 0 Å². The molecule has 1 atom stereocenters. The number of para-hydroxylation sites is 1. The van der Waals surface area contributed by atoms with Gasteiger partial charge >= 0.3 is 0 Å². The lowest BCUT2D eigenvalue weighted by molar-refractivity contribution is 0.356. The predicted octanol–water partition coefficient (Wildman–Crippen LogP) is 3.78. The Balaban J connectivity index is 2.51. The van der Waals surface area contributed by atoms with Gasteiger partial charge in [-0.3, -0.25) is 0 Å². The Morgan fingerprint density at radius 1 is 1.05 bits per heavy atom. The summed E-state index contributed by atoms with van der Waals surface area (Å²) in [5.41, 5.74) is 9.34. The molecule has 20 heavy (non-hydrogen) atoms. The van der Waals surface area contributed by atoms with Gasteiger partial charge in [0.1, 0.15) is 0 Å². The van der Waals surface area contributed by atoms with Crippen LogP contribution in [0.25, 0.3) is 11.1 Å². The Hall–Kier alpha value is -2.00. The zero-order valence-corrected chi connectivity index (χ0v) is 12.2. The lowest BCUT2D eigenvalue weighted by atomic mass is 9.98. The third kappa shape index (κ3) is 2.78. The molecule has 0 saturated heterocycles. The molecule has 0 bridgehead atoms. The maximum absolute atomic E-state index is 6.11. The lowest BCUT2D eigenvalue weighted by Crippen LogP contribution is -2.08. The monoisotopic (exact) mass is 271 g/mol. The zero-order valence-electron chi connectivity index (χ0n) is 12.2. The molecule has 0 amide bonds. The SMILES string of the molecule is CCC(N)c1cccc(-c2cccc(OC)c2OC)c1. The Labute approximate surface area is 120 Å². The van der Waals surface area contributed by atoms with Crippen LogP contribution in [0.3, 0.4) is 0 Å². The molecule has 0 radical (unpaired) electrons. The van der Waals surface area contributed by atoms with E-state index < -0.39 is 0 Å². The number of methoxy groups -OCH3 is 2. The van der Waals surface area contributed by atoms with Crippen molar-refractivity contribution >= 4 is 0 Å². The number of rotatable bonds is 5. The molecular formula is C17H21NO2. The van der Waals surface area contributed by atoms with Crippen LogP contribution >= 0.6 is 0 Å². The van der Waals surface area contributed by atoms with Crippen molar-refractivity contribution in [3.8, 4) is 22.6 Å². The second-order valence-electron chi connectivity index (χ2n) is 4.68. The van der Waals surface area contributed by atoms with Gasteiger partial charge in [-0.05, 0) is 29.7 Å². The molecule has 0 fully saturated rings. The summed E-state index contributed by atoms with van der Waals surface area (Å²) in [7, 11) is 3.30. The Morgan fingerprint density at radius 3 is 2.45 bits per heavy atom. The molecule has 0 saturated carbocycles. The van der Waals surface area contributed by atoms with Crippen molar-refractivity contribution in [1.82, 2.24) is 0 Å². The van der Waals surface area contributed by atoms with Crippen LogP contribution < -0.4 is 15.2 Å². The zero-order chi connectivity index (χ0) is 14.5. The van der Waals surface area contributed by atoms with Gasteiger partial charge in [0.05, 0.1) is 14.2 Å². The van der Waals surface area contributed by atoms with Gasteiger partial charge in [-0.2, -0.15) is 0 Å². The number of hydrogen-bond acceptors (Lipinski definition) is 3. The summed E-state index contributed by atoms with van der Waals surface area (Å²) < 4.78 is 10.8. The number of ether oxygens (including phenoxy) is 2. The minimum absolute atomic E-state index is 0.0616. The van der Waals surface area contributed by atoms with E-state index in [2.05, 4.69) is 25.1 Å². The van der Waals surface area contributed by atoms with Crippen molar-refractivity contribution in [2.24, 2.45) is 5.73 Å². The van der Waals surface area contributed by atoms with Gasteiger partial charge in [-0.25, -0.2) is 0 Å². The van der Waals surface area contributed by atoms with E-state index in [0.717, 1.165) is 34.6 Å². The van der Waals surface area contributed by atoms with Crippen molar-refractivity contribution in [3.05, 3.63) is 48.0 Å². The van der Waals surface area contributed by atoms with Gasteiger partial charge in [0.25, 0.3) is 0 Å². The Morgan fingerprint density at radius 2 is 1.80 bits per heavy atom. The van der Waals surface area contributed by atoms with E-state index in [9.17, 15) is 0 Å². The highest BCUT2D eigenvalue weighted by atomic mass is 16.5. The molecule has 106 valence electrons. The molecule has 0 aliphatic carbocycles. The average molecular weight is 271 g/mol. The van der Waals surface area contributed by atoms with E-state index in [1.165, 1.54) is 0 Å². The molecular weight excluding hydrogens is 250 g/mol. The molecule has 0 aliphatic rings. The smallest absolute Gasteiger partial charge is 0.168 e. The Bertz CT molecular complexity index is 581. The molecule has 0 aliphatic heterocycles. The van der Waals surface area contributed by atoms with E-state index in [1.807, 2.05) is 24.3 Å². The molecule has 0 spiro atoms. The van der Waals surface area contributed by atoms with Gasteiger partial charge in [-0.15, -0.1) is 0 Å². The fourth-order valence-corrected chi connectivity index (χ4v) is 2.29. The van der Waals surface area contributed by atoms with Crippen molar-refractivity contribution in [1.29, 1.82) is 0 Å². The van der Waals surface area contributed by atoms with Crippen LogP contribution in [0.4, 0.5) is 0 Å². The first-order chi connectivity index (χ1) is 9.71. The highest BCUT2D eigenvalue weighted by Gasteiger charge is 2.12. The minimum atomic E-state index is 0.0616. The molecule has 2 N–H and O–H groups in total. The van der Waals surface area contributed by atoms with Crippen LogP contribution in [-0.4, -0.2) is 14.2 Å². The van der Waals surface area contributed by atoms with Crippen molar-refractivity contribution < 1.29 is 9.47 Å². The van der Waals surface area contributed by atoms with Crippen LogP contribution in [-0.2, 0) is 0 Å². The lowest BCUT2D eigenvalue weighted by Gasteiger charge is -2.15. The topological polar surface area (TPSA) is 44.5 Å². The summed E-state index contributed by atoms with van der Waals surface area (Å²) in [4.78, 5) is 0. The molecule has 2 aromatic rings. The third-order valence-corrected chi connectivity index (χ3v) is 3.47. The third-order valence-electron chi connectivity index (χ3n) is 3.47. The van der Waals surface area contributed by atoms with E-state index >= 15 is 0 Å². The second-order valence-corrected chi connectivity index (χ2v) is 4.68. The van der Waals surface area contributed by atoms with Gasteiger partial charge in [0, 0.05) is 11.6 Å². The van der Waals surface area contributed by atoms with Gasteiger partial charge < -0.3 is 15.2 Å². The summed E-state index contributed by atoms with van der Waals surface area (Å²) >= 11 is 0. The Kier molecular flexibility index (Phi) is 4.64. The van der Waals surface area contributed by atoms with Crippen LogP contribution in [0, 0.1) is 0 Å². The molecule has 2 rings (SSSR count). The number of benzene rings is 2. The summed E-state index contributed by atoms with van der Waals surface area (Å²) in [6.07, 6.45) is 0.915. The van der Waals surface area contributed by atoms with Gasteiger partial charge in [0.15, 0.2) is 11.5 Å². The van der Waals surface area contributed by atoms with Crippen LogP contribution in [0.5, 0.6) is 11.5 Å². The summed E-state index contributed by atoms with van der Waals surface area (Å²) in [5.74, 6) is 1.48. The fraction of sp³-hybridized carbons (Fsp3) is 0.294. The number of hydrogen-bond donors (Lipinski definition) is 1. The maximum Gasteiger partial charge on any atom is 0.168 e. The second kappa shape index (κ2) is 6.44. The highest BCUT2D eigenvalue weighted by Crippen LogP contribution is 2.38. The van der Waals surface area contributed by atoms with E-state index in [1.54, 1.807) is 14.2 Å². The van der Waals surface area contributed by atoms with Crippen LogP contribution in [0.1, 0.15) is 24.9 Å². The molecule has 1 unspecified atom stereocenters. The standard InChI is InChI=1S/C17H21NO2/c1-4-15(18)13-8-5-7-12(11-13)14-9-6-10-16(19-2)17(14)20-3/h5-11,15H,4,18H2,1-3H3. The fourth-order valence-electron chi connectivity index (χ4n) is 2.29. The van der Waals surface area contributed by atoms with Crippen molar-refractivity contribution in [3.63, 3.8) is 0 Å². The summed E-state index contributed by atoms with van der Waals surface area (Å²) in [6.45, 7) is 2.09. The summed E-state index contributed by atoms with van der Waals surface area (Å²) in [6, 6.07) is 14.2. The number of nitrogens with two attached hydrogens (primary N) is 1. The highest BCUT2D eigenvalue weighted by molar-refractivity contribution is 5.74. The van der Waals surface area contributed by atoms with Crippen LogP contribution in [0.15, 0.2) is 42.5 Å². The van der Waals surface area contributed by atoms with E-state index in [-0.39, 0.29) is 6.04 Å². The van der Waals surface area contributed by atoms with E-state index in [0.29, 0.717) is 0 Å². The molecule has 3 heteroatoms. The van der Waals surface area contributed by atoms with E-state index in [4.69, 9.17) is 15.2 Å². The minimum Gasteiger partial charge on any atom is -0.493 e. The van der Waals surface area contributed by atoms with Gasteiger partial charge in [-0.1, -0.05) is 37.3 Å². The average Bonchev–Trinajstić information content (AvgIpc) is 2.53. The van der Waals surface area contributed by atoms with Crippen molar-refractivity contribution in [2.75, 3.05) is 14.2 Å². The first-order valence-electron chi connectivity index (χ1n) is 6.78. The van der Waals surface area contributed by atoms with Crippen molar-refractivity contribution in [2.45, 2.75) is 19.4 Å².